The number of nitrogens with two attached hydrogens (primary N) is 1. The molecule has 0 saturated carbocycles. The van der Waals surface area contributed by atoms with Crippen molar-refractivity contribution in [1.82, 2.24) is 19.5 Å². The zero-order valence-electron chi connectivity index (χ0n) is 12.8. The van der Waals surface area contributed by atoms with E-state index in [4.69, 9.17) is 10.5 Å². The molecule has 22 heavy (non-hydrogen) atoms. The first kappa shape index (κ1) is 14.8. The highest BCUT2D eigenvalue weighted by molar-refractivity contribution is 5.77. The lowest BCUT2D eigenvalue weighted by Crippen LogP contribution is -2.13. The number of hydrogen-bond donors (Lipinski definition) is 2. The number of imidazole rings is 1. The van der Waals surface area contributed by atoms with Crippen molar-refractivity contribution in [3.8, 4) is 5.88 Å². The Morgan fingerprint density at radius 3 is 2.95 bits per heavy atom. The van der Waals surface area contributed by atoms with Gasteiger partial charge in [-0.05, 0) is 19.8 Å². The van der Waals surface area contributed by atoms with E-state index < -0.39 is 0 Å². The van der Waals surface area contributed by atoms with E-state index in [1.807, 2.05) is 24.5 Å². The van der Waals surface area contributed by atoms with Crippen LogP contribution in [0.5, 0.6) is 5.88 Å². The Morgan fingerprint density at radius 1 is 1.45 bits per heavy atom. The molecule has 118 valence electrons. The Bertz CT molecular complexity index is 697. The molecule has 3 atom stereocenters. The summed E-state index contributed by atoms with van der Waals surface area (Å²) in [5, 5.41) is 9.27. The number of fused-ring (bicyclic) bond motifs is 1. The number of ether oxygens (including phenoxy) is 1. The minimum atomic E-state index is 0.0350. The second-order valence-corrected chi connectivity index (χ2v) is 5.68. The molecule has 7 heteroatoms. The average molecular weight is 303 g/mol. The fourth-order valence-electron chi connectivity index (χ4n) is 2.60. The number of nitrogen functional groups attached to an aromatic ring is 1. The predicted molar refractivity (Wildman–Crippen MR) is 83.5 cm³/mol. The van der Waals surface area contributed by atoms with Gasteiger partial charge in [-0.15, -0.1) is 0 Å². The summed E-state index contributed by atoms with van der Waals surface area (Å²) in [4.78, 5) is 12.9. The van der Waals surface area contributed by atoms with E-state index in [2.05, 4.69) is 21.0 Å². The summed E-state index contributed by atoms with van der Waals surface area (Å²) in [5.74, 6) is 0.780. The number of allylic oxidation sites excluding steroid dienone is 1. The van der Waals surface area contributed by atoms with E-state index in [1.54, 1.807) is 6.33 Å². The molecule has 0 bridgehead atoms. The number of aliphatic hydroxyl groups excluding tert-OH is 1. The monoisotopic (exact) mass is 303 g/mol. The Labute approximate surface area is 128 Å². The van der Waals surface area contributed by atoms with Crippen molar-refractivity contribution in [2.75, 3.05) is 12.3 Å². The van der Waals surface area contributed by atoms with Crippen LogP contribution >= 0.6 is 0 Å². The van der Waals surface area contributed by atoms with Gasteiger partial charge in [-0.3, -0.25) is 0 Å². The van der Waals surface area contributed by atoms with Gasteiger partial charge in [-0.1, -0.05) is 19.1 Å². The van der Waals surface area contributed by atoms with Gasteiger partial charge in [0.25, 0.3) is 0 Å². The van der Waals surface area contributed by atoms with E-state index in [9.17, 15) is 5.11 Å². The zero-order chi connectivity index (χ0) is 15.7. The molecule has 1 aliphatic carbocycles. The highest BCUT2D eigenvalue weighted by Crippen LogP contribution is 2.32. The van der Waals surface area contributed by atoms with Crippen LogP contribution in [0.3, 0.4) is 0 Å². The first-order chi connectivity index (χ1) is 10.6. The third kappa shape index (κ3) is 2.64. The summed E-state index contributed by atoms with van der Waals surface area (Å²) in [6, 6.07) is 0.118. The van der Waals surface area contributed by atoms with Crippen molar-refractivity contribution in [3.05, 3.63) is 18.5 Å². The van der Waals surface area contributed by atoms with Crippen molar-refractivity contribution in [2.45, 2.75) is 38.8 Å². The van der Waals surface area contributed by atoms with E-state index in [0.717, 1.165) is 12.8 Å². The average Bonchev–Trinajstić information content (AvgIpc) is 3.12. The fourth-order valence-corrected chi connectivity index (χ4v) is 2.60. The van der Waals surface area contributed by atoms with Gasteiger partial charge in [0, 0.05) is 12.5 Å². The molecule has 2 aromatic heterocycles. The molecule has 0 aliphatic heterocycles. The normalized spacial score (nSPS) is 22.3. The third-order valence-electron chi connectivity index (χ3n) is 4.04. The summed E-state index contributed by atoms with van der Waals surface area (Å²) < 4.78 is 7.77. The maximum absolute atomic E-state index is 9.27. The lowest BCUT2D eigenvalue weighted by Gasteiger charge is -2.14. The van der Waals surface area contributed by atoms with Gasteiger partial charge in [0.2, 0.25) is 11.8 Å². The summed E-state index contributed by atoms with van der Waals surface area (Å²) in [6.07, 6.45) is 7.56. The molecule has 7 nitrogen and oxygen atoms in total. The molecule has 2 aromatic rings. The van der Waals surface area contributed by atoms with E-state index >= 15 is 0 Å². The van der Waals surface area contributed by atoms with Gasteiger partial charge in [-0.25, -0.2) is 4.98 Å². The van der Waals surface area contributed by atoms with Crippen molar-refractivity contribution < 1.29 is 9.84 Å². The lowest BCUT2D eigenvalue weighted by molar-refractivity contribution is 0.211. The van der Waals surface area contributed by atoms with Crippen molar-refractivity contribution >= 4 is 17.1 Å². The van der Waals surface area contributed by atoms with E-state index in [1.165, 1.54) is 0 Å². The maximum Gasteiger partial charge on any atom is 0.247 e. The number of rotatable bonds is 5. The Hall–Kier alpha value is -2.15. The summed E-state index contributed by atoms with van der Waals surface area (Å²) >= 11 is 0. The first-order valence-electron chi connectivity index (χ1n) is 7.58. The lowest BCUT2D eigenvalue weighted by atomic mass is 10.1. The predicted octanol–water partition coefficient (Wildman–Crippen LogP) is 1.70. The third-order valence-corrected chi connectivity index (χ3v) is 4.04. The van der Waals surface area contributed by atoms with E-state index in [-0.39, 0.29) is 30.6 Å². The van der Waals surface area contributed by atoms with Crippen LogP contribution in [0.15, 0.2) is 18.5 Å². The molecule has 0 spiro atoms. The van der Waals surface area contributed by atoms with Gasteiger partial charge < -0.3 is 20.1 Å². The largest absolute Gasteiger partial charge is 0.473 e. The number of aliphatic hydroxyl groups is 1. The van der Waals surface area contributed by atoms with Crippen LogP contribution in [0.4, 0.5) is 5.95 Å². The van der Waals surface area contributed by atoms with Gasteiger partial charge in [0.05, 0.1) is 18.5 Å². The van der Waals surface area contributed by atoms with Crippen molar-refractivity contribution in [1.29, 1.82) is 0 Å². The standard InChI is InChI=1S/C15H21N5O2/c1-3-9(2)22-14-12-13(18-15(16)19-14)20(8-17-12)11-5-4-10(6-11)7-21/h4-5,8-11,21H,3,6-7H2,1-2H3,(H2,16,18,19)/t9-,10+,11-/m0/s1. The molecule has 0 fully saturated rings. The Kier molecular flexibility index (Phi) is 3.98. The second-order valence-electron chi connectivity index (χ2n) is 5.68. The minimum absolute atomic E-state index is 0.0350. The number of nitrogens with zero attached hydrogens (tertiary/aromatic N) is 4. The molecular formula is C15H21N5O2. The summed E-state index contributed by atoms with van der Waals surface area (Å²) in [5.41, 5.74) is 7.11. The van der Waals surface area contributed by atoms with Crippen LogP contribution < -0.4 is 10.5 Å². The Morgan fingerprint density at radius 2 is 2.27 bits per heavy atom. The minimum Gasteiger partial charge on any atom is -0.473 e. The SMILES string of the molecule is CC[C@H](C)Oc1nc(N)nc2c1ncn2[C@H]1C=C[C@@H](CO)C1. The molecule has 0 aromatic carbocycles. The quantitative estimate of drug-likeness (QED) is 0.816. The maximum atomic E-state index is 9.27. The molecule has 3 rings (SSSR count). The van der Waals surface area contributed by atoms with Gasteiger partial charge in [0.15, 0.2) is 11.2 Å². The van der Waals surface area contributed by atoms with Crippen molar-refractivity contribution in [2.24, 2.45) is 5.92 Å². The number of hydrogen-bond acceptors (Lipinski definition) is 6. The van der Waals surface area contributed by atoms with Crippen LogP contribution in [0.1, 0.15) is 32.7 Å². The number of aromatic nitrogens is 4. The fraction of sp³-hybridized carbons (Fsp3) is 0.533. The van der Waals surface area contributed by atoms with Crippen LogP contribution in [-0.4, -0.2) is 37.3 Å². The van der Waals surface area contributed by atoms with Crippen LogP contribution in [0, 0.1) is 5.92 Å². The topological polar surface area (TPSA) is 99.1 Å². The van der Waals surface area contributed by atoms with Crippen LogP contribution in [-0.2, 0) is 0 Å². The van der Waals surface area contributed by atoms with Crippen LogP contribution in [0.2, 0.25) is 0 Å². The summed E-state index contributed by atoms with van der Waals surface area (Å²) in [6.45, 7) is 4.18. The Balaban J connectivity index is 1.99. The highest BCUT2D eigenvalue weighted by Gasteiger charge is 2.23. The molecule has 3 N–H and O–H groups in total. The highest BCUT2D eigenvalue weighted by atomic mass is 16.5. The molecule has 0 saturated heterocycles. The molecule has 0 amide bonds. The molecule has 1 aliphatic rings. The van der Waals surface area contributed by atoms with Crippen molar-refractivity contribution in [3.63, 3.8) is 0 Å². The van der Waals surface area contributed by atoms with Gasteiger partial charge >= 0.3 is 0 Å². The molecule has 2 heterocycles. The summed E-state index contributed by atoms with van der Waals surface area (Å²) in [7, 11) is 0. The van der Waals surface area contributed by atoms with Crippen LogP contribution in [0.25, 0.3) is 11.2 Å². The molecule has 0 unspecified atom stereocenters. The second kappa shape index (κ2) is 5.92. The molecule has 0 radical (unpaired) electrons. The van der Waals surface area contributed by atoms with Gasteiger partial charge in [-0.2, -0.15) is 9.97 Å². The zero-order valence-corrected chi connectivity index (χ0v) is 12.8. The number of anilines is 1. The smallest absolute Gasteiger partial charge is 0.247 e. The first-order valence-corrected chi connectivity index (χ1v) is 7.58. The van der Waals surface area contributed by atoms with Gasteiger partial charge in [0.1, 0.15) is 0 Å². The molecular weight excluding hydrogens is 282 g/mol. The van der Waals surface area contributed by atoms with E-state index in [0.29, 0.717) is 17.0 Å².